The molecule has 152 valence electrons. The minimum absolute atomic E-state index is 0.0633. The average Bonchev–Trinajstić information content (AvgIpc) is 3.05. The number of aliphatic hydroxyl groups excluding tert-OH is 2. The molecule has 0 radical (unpaired) electrons. The maximum absolute atomic E-state index is 9.18. The standard InChI is InChI=1S/C22H28N5O2/c1-25-11-12-26(2)22(25)24-23-20-7-3-18(4-8-20)17-19-5-9-21(10-6-19)27(13-15-28)14-16-29/h3-12,28-29H,13-17H2,1-2H3/q+1. The van der Waals surface area contributed by atoms with E-state index in [1.54, 1.807) is 0 Å². The topological polar surface area (TPSA) is 77.2 Å². The number of anilines is 1. The average molecular weight is 394 g/mol. The zero-order valence-electron chi connectivity index (χ0n) is 16.9. The molecule has 1 heterocycles. The second-order valence-electron chi connectivity index (χ2n) is 6.96. The van der Waals surface area contributed by atoms with Crippen LogP contribution < -0.4 is 9.47 Å². The summed E-state index contributed by atoms with van der Waals surface area (Å²) in [5.74, 6) is 0.783. The Hall–Kier alpha value is -3.03. The molecule has 7 nitrogen and oxygen atoms in total. The Balaban J connectivity index is 1.63. The molecule has 1 aromatic heterocycles. The van der Waals surface area contributed by atoms with E-state index in [9.17, 15) is 10.2 Å². The molecule has 3 rings (SSSR count). The summed E-state index contributed by atoms with van der Waals surface area (Å²) in [7, 11) is 3.88. The number of benzene rings is 2. The summed E-state index contributed by atoms with van der Waals surface area (Å²) in [6.07, 6.45) is 4.70. The first-order valence-electron chi connectivity index (χ1n) is 9.68. The zero-order chi connectivity index (χ0) is 20.6. The van der Waals surface area contributed by atoms with E-state index in [0.717, 1.165) is 23.7 Å². The van der Waals surface area contributed by atoms with Gasteiger partial charge in [0.05, 0.1) is 39.7 Å². The molecule has 0 aliphatic carbocycles. The summed E-state index contributed by atoms with van der Waals surface area (Å²) in [4.78, 5) is 1.97. The van der Waals surface area contributed by atoms with Gasteiger partial charge < -0.3 is 15.1 Å². The lowest BCUT2D eigenvalue weighted by Gasteiger charge is -2.23. The van der Waals surface area contributed by atoms with Gasteiger partial charge in [-0.3, -0.25) is 0 Å². The van der Waals surface area contributed by atoms with E-state index in [2.05, 4.69) is 34.5 Å². The number of nitrogens with zero attached hydrogens (tertiary/aromatic N) is 5. The number of aliphatic hydroxyl groups is 2. The van der Waals surface area contributed by atoms with Gasteiger partial charge in [0.15, 0.2) is 0 Å². The van der Waals surface area contributed by atoms with Gasteiger partial charge in [-0.1, -0.05) is 29.4 Å². The Morgan fingerprint density at radius 2 is 1.48 bits per heavy atom. The van der Waals surface area contributed by atoms with Crippen molar-refractivity contribution in [2.45, 2.75) is 6.42 Å². The molecule has 29 heavy (non-hydrogen) atoms. The van der Waals surface area contributed by atoms with Gasteiger partial charge in [-0.2, -0.15) is 0 Å². The molecular formula is C22H28N5O2+. The van der Waals surface area contributed by atoms with Crippen LogP contribution in [-0.4, -0.2) is 41.1 Å². The third-order valence-electron chi connectivity index (χ3n) is 4.79. The fourth-order valence-corrected chi connectivity index (χ4v) is 3.18. The number of aryl methyl sites for hydroxylation is 2. The van der Waals surface area contributed by atoms with Crippen LogP contribution >= 0.6 is 0 Å². The first-order chi connectivity index (χ1) is 14.1. The predicted molar refractivity (Wildman–Crippen MR) is 113 cm³/mol. The lowest BCUT2D eigenvalue weighted by Crippen LogP contribution is -2.29. The molecule has 0 atom stereocenters. The van der Waals surface area contributed by atoms with Crippen LogP contribution in [0.15, 0.2) is 71.2 Å². The smallest absolute Gasteiger partial charge is 0.395 e. The molecule has 2 aromatic carbocycles. The van der Waals surface area contributed by atoms with Crippen LogP contribution in [0, 0.1) is 0 Å². The maximum Gasteiger partial charge on any atom is 0.421 e. The van der Waals surface area contributed by atoms with Crippen molar-refractivity contribution >= 4 is 17.3 Å². The van der Waals surface area contributed by atoms with Crippen molar-refractivity contribution in [1.82, 2.24) is 4.57 Å². The van der Waals surface area contributed by atoms with Crippen molar-refractivity contribution in [2.24, 2.45) is 24.3 Å². The van der Waals surface area contributed by atoms with E-state index in [1.807, 2.05) is 64.8 Å². The largest absolute Gasteiger partial charge is 0.421 e. The lowest BCUT2D eigenvalue weighted by atomic mass is 10.0. The predicted octanol–water partition coefficient (Wildman–Crippen LogP) is 2.65. The van der Waals surface area contributed by atoms with E-state index in [0.29, 0.717) is 13.1 Å². The van der Waals surface area contributed by atoms with Crippen molar-refractivity contribution < 1.29 is 14.8 Å². The van der Waals surface area contributed by atoms with Gasteiger partial charge in [0.25, 0.3) is 0 Å². The number of aromatic nitrogens is 2. The Morgan fingerprint density at radius 1 is 0.897 bits per heavy atom. The number of imidazole rings is 1. The van der Waals surface area contributed by atoms with Crippen molar-refractivity contribution in [2.75, 3.05) is 31.2 Å². The van der Waals surface area contributed by atoms with E-state index in [1.165, 1.54) is 11.1 Å². The van der Waals surface area contributed by atoms with Gasteiger partial charge in [0.2, 0.25) is 0 Å². The molecule has 2 N–H and O–H groups in total. The fraction of sp³-hybridized carbons (Fsp3) is 0.318. The molecular weight excluding hydrogens is 366 g/mol. The van der Waals surface area contributed by atoms with Gasteiger partial charge in [0, 0.05) is 23.9 Å². The lowest BCUT2D eigenvalue weighted by molar-refractivity contribution is -0.657. The van der Waals surface area contributed by atoms with Crippen LogP contribution in [0.3, 0.4) is 0 Å². The molecule has 0 saturated heterocycles. The second-order valence-corrected chi connectivity index (χ2v) is 6.96. The molecule has 0 amide bonds. The number of hydrogen-bond acceptors (Lipinski definition) is 5. The first-order valence-corrected chi connectivity index (χ1v) is 9.68. The van der Waals surface area contributed by atoms with Gasteiger partial charge >= 0.3 is 5.95 Å². The van der Waals surface area contributed by atoms with Crippen molar-refractivity contribution in [3.63, 3.8) is 0 Å². The highest BCUT2D eigenvalue weighted by Crippen LogP contribution is 2.20. The molecule has 0 bridgehead atoms. The first kappa shape index (κ1) is 20.7. The Morgan fingerprint density at radius 3 is 2.00 bits per heavy atom. The summed E-state index contributed by atoms with van der Waals surface area (Å²) >= 11 is 0. The second kappa shape index (κ2) is 9.95. The minimum atomic E-state index is 0.0633. The third kappa shape index (κ3) is 5.49. The van der Waals surface area contributed by atoms with Crippen LogP contribution in [0.25, 0.3) is 0 Å². The quantitative estimate of drug-likeness (QED) is 0.433. The number of hydrogen-bond donors (Lipinski definition) is 2. The molecule has 0 unspecified atom stereocenters. The zero-order valence-corrected chi connectivity index (χ0v) is 16.9. The molecule has 0 spiro atoms. The van der Waals surface area contributed by atoms with Crippen LogP contribution in [-0.2, 0) is 20.5 Å². The highest BCUT2D eigenvalue weighted by molar-refractivity contribution is 5.48. The van der Waals surface area contributed by atoms with Crippen LogP contribution in [0.4, 0.5) is 17.3 Å². The van der Waals surface area contributed by atoms with Crippen molar-refractivity contribution in [3.05, 3.63) is 72.1 Å². The SMILES string of the molecule is Cn1cc[n+](C)c1N=Nc1ccc(Cc2ccc(N(CCO)CCO)cc2)cc1. The molecule has 7 heteroatoms. The Bertz CT molecular complexity index is 907. The summed E-state index contributed by atoms with van der Waals surface area (Å²) in [6, 6.07) is 16.3. The van der Waals surface area contributed by atoms with Crippen LogP contribution in [0.5, 0.6) is 0 Å². The fourth-order valence-electron chi connectivity index (χ4n) is 3.18. The van der Waals surface area contributed by atoms with Gasteiger partial charge in [-0.25, -0.2) is 9.13 Å². The normalized spacial score (nSPS) is 11.3. The molecule has 0 saturated carbocycles. The van der Waals surface area contributed by atoms with E-state index in [4.69, 9.17) is 0 Å². The Kier molecular flexibility index (Phi) is 7.10. The highest BCUT2D eigenvalue weighted by atomic mass is 16.3. The van der Waals surface area contributed by atoms with E-state index >= 15 is 0 Å². The van der Waals surface area contributed by atoms with E-state index in [-0.39, 0.29) is 13.2 Å². The van der Waals surface area contributed by atoms with Crippen LogP contribution in [0.1, 0.15) is 11.1 Å². The summed E-state index contributed by atoms with van der Waals surface area (Å²) in [6.45, 7) is 1.15. The highest BCUT2D eigenvalue weighted by Gasteiger charge is 2.10. The number of azo groups is 1. The third-order valence-corrected chi connectivity index (χ3v) is 4.79. The van der Waals surface area contributed by atoms with E-state index < -0.39 is 0 Å². The maximum atomic E-state index is 9.18. The summed E-state index contributed by atoms with van der Waals surface area (Å²) < 4.78 is 3.84. The van der Waals surface area contributed by atoms with Crippen LogP contribution in [0.2, 0.25) is 0 Å². The molecule has 0 aliphatic heterocycles. The molecule has 0 aliphatic rings. The van der Waals surface area contributed by atoms with Gasteiger partial charge in [-0.05, 0) is 41.8 Å². The van der Waals surface area contributed by atoms with Crippen molar-refractivity contribution in [1.29, 1.82) is 0 Å². The van der Waals surface area contributed by atoms with Crippen molar-refractivity contribution in [3.8, 4) is 0 Å². The minimum Gasteiger partial charge on any atom is -0.395 e. The Labute approximate surface area is 171 Å². The molecule has 3 aromatic rings. The van der Waals surface area contributed by atoms with Gasteiger partial charge in [0.1, 0.15) is 5.69 Å². The number of rotatable bonds is 9. The van der Waals surface area contributed by atoms with Gasteiger partial charge in [-0.15, -0.1) is 0 Å². The summed E-state index contributed by atoms with van der Waals surface area (Å²) in [5.41, 5.74) is 4.21. The summed E-state index contributed by atoms with van der Waals surface area (Å²) in [5, 5.41) is 27.0. The monoisotopic (exact) mass is 394 g/mol. The molecule has 0 fully saturated rings.